The van der Waals surface area contributed by atoms with E-state index in [0.29, 0.717) is 0 Å². The molecule has 0 atom stereocenters. The van der Waals surface area contributed by atoms with Crippen LogP contribution in [0.25, 0.3) is 0 Å². The van der Waals surface area contributed by atoms with Gasteiger partial charge in [-0.2, -0.15) is 4.45 Å². The van der Waals surface area contributed by atoms with E-state index in [1.165, 1.54) is 0 Å². The summed E-state index contributed by atoms with van der Waals surface area (Å²) in [7, 11) is 0. The van der Waals surface area contributed by atoms with E-state index >= 15 is 0 Å². The molecule has 9 heavy (non-hydrogen) atoms. The first-order valence-electron chi connectivity index (χ1n) is 2.45. The summed E-state index contributed by atoms with van der Waals surface area (Å²) in [4.78, 5) is 3.84. The second-order valence-corrected chi connectivity index (χ2v) is 1.85. The highest BCUT2D eigenvalue weighted by molar-refractivity contribution is 9.08. The molecule has 0 aliphatic carbocycles. The molecule has 0 bridgehead atoms. The Hall–Kier alpha value is -0.610. The summed E-state index contributed by atoms with van der Waals surface area (Å²) in [6, 6.07) is 3.71. The molecule has 1 heterocycles. The summed E-state index contributed by atoms with van der Waals surface area (Å²) in [6.45, 7) is 0. The molecule has 0 aliphatic heterocycles. The molecule has 0 fully saturated rings. The zero-order chi connectivity index (χ0) is 6.53. The van der Waals surface area contributed by atoms with Gasteiger partial charge in [0.2, 0.25) is 0 Å². The van der Waals surface area contributed by atoms with E-state index in [9.17, 15) is 0 Å². The van der Waals surface area contributed by atoms with E-state index in [-0.39, 0.29) is 0 Å². The normalized spacial score (nSPS) is 9.00. The molecule has 1 aromatic rings. The molecule has 1 aromatic heterocycles. The maximum absolute atomic E-state index is 3.84. The van der Waals surface area contributed by atoms with Gasteiger partial charge in [-0.05, 0) is 12.1 Å². The average Bonchev–Trinajstić information content (AvgIpc) is 1.91. The quantitative estimate of drug-likeness (QED) is 0.542. The van der Waals surface area contributed by atoms with Gasteiger partial charge >= 0.3 is 0 Å². The molecule has 0 aliphatic rings. The number of halogens is 1. The van der Waals surface area contributed by atoms with Gasteiger partial charge in [-0.1, -0.05) is 0 Å². The summed E-state index contributed by atoms with van der Waals surface area (Å²) in [5.41, 5.74) is 3.81. The largest absolute Gasteiger partial charge is 0.312 e. The molecule has 1 rings (SSSR count). The van der Waals surface area contributed by atoms with Gasteiger partial charge in [-0.3, -0.25) is 4.98 Å². The van der Waals surface area contributed by atoms with Crippen LogP contribution in [0.3, 0.4) is 0 Å². The lowest BCUT2D eigenvalue weighted by Gasteiger charge is -1.98. The Bertz CT molecular complexity index is 165. The van der Waals surface area contributed by atoms with Gasteiger partial charge in [-0.25, -0.2) is 0 Å². The second-order valence-electron chi connectivity index (χ2n) is 1.46. The Kier molecular flexibility index (Phi) is 2.48. The minimum atomic E-state index is 0.974. The van der Waals surface area contributed by atoms with Crippen molar-refractivity contribution >= 4 is 21.8 Å². The van der Waals surface area contributed by atoms with Crippen LogP contribution in [-0.4, -0.2) is 4.98 Å². The first kappa shape index (κ1) is 6.51. The lowest BCUT2D eigenvalue weighted by molar-refractivity contribution is 1.22. The Morgan fingerprint density at radius 3 is 2.56 bits per heavy atom. The van der Waals surface area contributed by atoms with Crippen molar-refractivity contribution in [2.45, 2.75) is 0 Å². The third-order valence-electron chi connectivity index (χ3n) is 0.872. The minimum Gasteiger partial charge on any atom is -0.312 e. The summed E-state index contributed by atoms with van der Waals surface area (Å²) >= 11 is 3.00. The summed E-state index contributed by atoms with van der Waals surface area (Å²) in [5.74, 6) is 0. The maximum Gasteiger partial charge on any atom is 0.0527 e. The van der Waals surface area contributed by atoms with Gasteiger partial charge in [0.25, 0.3) is 0 Å². The lowest BCUT2D eigenvalue weighted by atomic mass is 10.4. The number of hydrogen-bond donors (Lipinski definition) is 2. The highest BCUT2D eigenvalue weighted by Crippen LogP contribution is 2.00. The third-order valence-corrected chi connectivity index (χ3v) is 1.07. The predicted molar refractivity (Wildman–Crippen MR) is 39.9 cm³/mol. The Labute approximate surface area is 61.8 Å². The molecule has 48 valence electrons. The fraction of sp³-hybridized carbons (Fsp3) is 0. The SMILES string of the molecule is BrNNc1ccncc1. The van der Waals surface area contributed by atoms with Gasteiger partial charge in [0.05, 0.1) is 5.69 Å². The van der Waals surface area contributed by atoms with Crippen molar-refractivity contribution in [2.24, 2.45) is 0 Å². The van der Waals surface area contributed by atoms with Crippen LogP contribution < -0.4 is 9.88 Å². The Morgan fingerprint density at radius 1 is 1.33 bits per heavy atom. The summed E-state index contributed by atoms with van der Waals surface area (Å²) in [6.07, 6.45) is 3.43. The number of hydrazine groups is 1. The van der Waals surface area contributed by atoms with Gasteiger partial charge in [0.15, 0.2) is 0 Å². The van der Waals surface area contributed by atoms with E-state index in [1.807, 2.05) is 12.1 Å². The van der Waals surface area contributed by atoms with Crippen LogP contribution in [0.4, 0.5) is 5.69 Å². The van der Waals surface area contributed by atoms with Crippen LogP contribution in [0.15, 0.2) is 24.5 Å². The predicted octanol–water partition coefficient (Wildman–Crippen LogP) is 1.31. The number of rotatable bonds is 2. The molecule has 0 radical (unpaired) electrons. The van der Waals surface area contributed by atoms with Crippen molar-refractivity contribution in [3.63, 3.8) is 0 Å². The molecule has 0 saturated heterocycles. The molecule has 0 amide bonds. The molecule has 0 spiro atoms. The maximum atomic E-state index is 3.84. The highest BCUT2D eigenvalue weighted by Gasteiger charge is 1.82. The van der Waals surface area contributed by atoms with Gasteiger partial charge in [-0.15, -0.1) is 0 Å². The van der Waals surface area contributed by atoms with Gasteiger partial charge in [0.1, 0.15) is 0 Å². The van der Waals surface area contributed by atoms with Crippen molar-refractivity contribution in [2.75, 3.05) is 5.43 Å². The molecule has 4 heteroatoms. The Balaban J connectivity index is 2.61. The van der Waals surface area contributed by atoms with E-state index in [0.717, 1.165) is 5.69 Å². The van der Waals surface area contributed by atoms with Gasteiger partial charge in [0, 0.05) is 28.5 Å². The number of anilines is 1. The van der Waals surface area contributed by atoms with Crippen LogP contribution in [0, 0.1) is 0 Å². The minimum absolute atomic E-state index is 0.974. The third kappa shape index (κ3) is 1.99. The Morgan fingerprint density at radius 2 is 2.00 bits per heavy atom. The van der Waals surface area contributed by atoms with E-state index in [1.54, 1.807) is 12.4 Å². The number of nitrogens with zero attached hydrogens (tertiary/aromatic N) is 1. The second kappa shape index (κ2) is 3.42. The van der Waals surface area contributed by atoms with Crippen molar-refractivity contribution in [1.82, 2.24) is 9.44 Å². The fourth-order valence-electron chi connectivity index (χ4n) is 0.490. The molecule has 0 unspecified atom stereocenters. The first-order valence-corrected chi connectivity index (χ1v) is 3.24. The molecular weight excluding hydrogens is 182 g/mol. The topological polar surface area (TPSA) is 37.0 Å². The van der Waals surface area contributed by atoms with Crippen LogP contribution in [-0.2, 0) is 0 Å². The van der Waals surface area contributed by atoms with Crippen molar-refractivity contribution in [3.05, 3.63) is 24.5 Å². The highest BCUT2D eigenvalue weighted by atomic mass is 79.9. The fourth-order valence-corrected chi connectivity index (χ4v) is 0.719. The van der Waals surface area contributed by atoms with Crippen LogP contribution in [0.5, 0.6) is 0 Å². The standard InChI is InChI=1S/C5H6BrN3/c6-9-8-5-1-3-7-4-2-5/h1-4,9H,(H,7,8). The van der Waals surface area contributed by atoms with E-state index in [4.69, 9.17) is 0 Å². The molecule has 3 nitrogen and oxygen atoms in total. The number of nitrogens with one attached hydrogen (secondary N) is 2. The van der Waals surface area contributed by atoms with Crippen molar-refractivity contribution in [3.8, 4) is 0 Å². The van der Waals surface area contributed by atoms with E-state index in [2.05, 4.69) is 31.0 Å². The molecular formula is C5H6BrN3. The summed E-state index contributed by atoms with van der Waals surface area (Å²) < 4.78 is 2.62. The van der Waals surface area contributed by atoms with Crippen LogP contribution in [0.1, 0.15) is 0 Å². The van der Waals surface area contributed by atoms with Crippen LogP contribution >= 0.6 is 16.1 Å². The van der Waals surface area contributed by atoms with Crippen molar-refractivity contribution < 1.29 is 0 Å². The van der Waals surface area contributed by atoms with Crippen LogP contribution in [0.2, 0.25) is 0 Å². The zero-order valence-electron chi connectivity index (χ0n) is 4.63. The van der Waals surface area contributed by atoms with Crippen molar-refractivity contribution in [1.29, 1.82) is 0 Å². The summed E-state index contributed by atoms with van der Waals surface area (Å²) in [5, 5.41) is 0. The smallest absolute Gasteiger partial charge is 0.0527 e. The number of aromatic nitrogens is 1. The van der Waals surface area contributed by atoms with E-state index < -0.39 is 0 Å². The first-order chi connectivity index (χ1) is 4.43. The molecule has 0 aromatic carbocycles. The lowest BCUT2D eigenvalue weighted by Crippen LogP contribution is -2.07. The number of hydrogen-bond acceptors (Lipinski definition) is 3. The number of pyridine rings is 1. The monoisotopic (exact) mass is 187 g/mol. The molecule has 2 N–H and O–H groups in total. The zero-order valence-corrected chi connectivity index (χ0v) is 6.22. The molecule has 0 saturated carbocycles. The van der Waals surface area contributed by atoms with Gasteiger partial charge < -0.3 is 5.43 Å². The average molecular weight is 188 g/mol.